The number of nitrogens with zero attached hydrogens (tertiary/aromatic N) is 1. The molecule has 0 spiro atoms. The molecule has 0 radical (unpaired) electrons. The molecule has 1 saturated heterocycles. The van der Waals surface area contributed by atoms with Gasteiger partial charge in [0.1, 0.15) is 6.17 Å². The number of benzene rings is 1. The van der Waals surface area contributed by atoms with Gasteiger partial charge in [-0.15, -0.1) is 0 Å². The minimum absolute atomic E-state index is 0.0462. The van der Waals surface area contributed by atoms with Crippen LogP contribution >= 0.6 is 0 Å². The van der Waals surface area contributed by atoms with Crippen LogP contribution in [0.3, 0.4) is 0 Å². The van der Waals surface area contributed by atoms with Crippen LogP contribution in [0.15, 0.2) is 30.3 Å². The second-order valence-electron chi connectivity index (χ2n) is 4.64. The van der Waals surface area contributed by atoms with Gasteiger partial charge in [0.25, 0.3) is 0 Å². The van der Waals surface area contributed by atoms with Gasteiger partial charge in [-0.2, -0.15) is 0 Å². The Bertz CT molecular complexity index is 328. The molecule has 0 amide bonds. The summed E-state index contributed by atoms with van der Waals surface area (Å²) >= 11 is 0. The lowest BCUT2D eigenvalue weighted by Crippen LogP contribution is -2.50. The molecular formula is C14H22N2O. The van der Waals surface area contributed by atoms with Crippen LogP contribution in [0.1, 0.15) is 26.2 Å². The maximum atomic E-state index is 9.56. The van der Waals surface area contributed by atoms with Crippen molar-refractivity contribution >= 4 is 5.69 Å². The van der Waals surface area contributed by atoms with Gasteiger partial charge in [-0.1, -0.05) is 25.1 Å². The highest BCUT2D eigenvalue weighted by atomic mass is 16.3. The van der Waals surface area contributed by atoms with Gasteiger partial charge >= 0.3 is 0 Å². The summed E-state index contributed by atoms with van der Waals surface area (Å²) in [5.41, 5.74) is 1.19. The van der Waals surface area contributed by atoms with Crippen molar-refractivity contribution in [3.63, 3.8) is 0 Å². The van der Waals surface area contributed by atoms with E-state index in [0.717, 1.165) is 13.0 Å². The molecule has 1 fully saturated rings. The van der Waals surface area contributed by atoms with E-state index in [2.05, 4.69) is 29.3 Å². The molecule has 2 unspecified atom stereocenters. The van der Waals surface area contributed by atoms with Crippen molar-refractivity contribution < 1.29 is 5.11 Å². The Morgan fingerprint density at radius 1 is 1.35 bits per heavy atom. The monoisotopic (exact) mass is 234 g/mol. The fraction of sp³-hybridized carbons (Fsp3) is 0.571. The predicted molar refractivity (Wildman–Crippen MR) is 71.1 cm³/mol. The van der Waals surface area contributed by atoms with Gasteiger partial charge in [0, 0.05) is 18.3 Å². The van der Waals surface area contributed by atoms with Crippen LogP contribution < -0.4 is 10.2 Å². The number of aliphatic hydroxyl groups excluding tert-OH is 1. The van der Waals surface area contributed by atoms with Crippen molar-refractivity contribution in [2.24, 2.45) is 0 Å². The van der Waals surface area contributed by atoms with E-state index in [1.807, 2.05) is 18.2 Å². The van der Waals surface area contributed by atoms with Crippen molar-refractivity contribution in [1.29, 1.82) is 0 Å². The number of para-hydroxylation sites is 1. The Kier molecular flexibility index (Phi) is 4.40. The van der Waals surface area contributed by atoms with Gasteiger partial charge in [0.15, 0.2) is 0 Å². The SMILES string of the molecule is CCC1CCCN(c2ccccc2)C(CO)N1. The maximum absolute atomic E-state index is 9.56. The van der Waals surface area contributed by atoms with E-state index in [0.29, 0.717) is 6.04 Å². The molecule has 17 heavy (non-hydrogen) atoms. The third-order valence-corrected chi connectivity index (χ3v) is 3.51. The summed E-state index contributed by atoms with van der Waals surface area (Å²) in [5.74, 6) is 0. The van der Waals surface area contributed by atoms with E-state index in [4.69, 9.17) is 0 Å². The first-order valence-corrected chi connectivity index (χ1v) is 6.53. The number of aliphatic hydroxyl groups is 1. The first-order valence-electron chi connectivity index (χ1n) is 6.53. The highest BCUT2D eigenvalue weighted by molar-refractivity contribution is 5.47. The molecule has 1 heterocycles. The van der Waals surface area contributed by atoms with Crippen LogP contribution in [0.5, 0.6) is 0 Å². The lowest BCUT2D eigenvalue weighted by molar-refractivity contribution is 0.231. The molecule has 3 nitrogen and oxygen atoms in total. The summed E-state index contributed by atoms with van der Waals surface area (Å²) in [6.45, 7) is 3.37. The third kappa shape index (κ3) is 2.99. The van der Waals surface area contributed by atoms with Crippen molar-refractivity contribution in [3.8, 4) is 0 Å². The molecule has 2 atom stereocenters. The fourth-order valence-corrected chi connectivity index (χ4v) is 2.51. The first-order chi connectivity index (χ1) is 8.35. The average molecular weight is 234 g/mol. The molecule has 1 aliphatic heterocycles. The highest BCUT2D eigenvalue weighted by Crippen LogP contribution is 2.20. The van der Waals surface area contributed by atoms with E-state index in [-0.39, 0.29) is 12.8 Å². The summed E-state index contributed by atoms with van der Waals surface area (Å²) in [6, 6.07) is 10.9. The zero-order valence-electron chi connectivity index (χ0n) is 10.5. The minimum Gasteiger partial charge on any atom is -0.393 e. The molecule has 2 N–H and O–H groups in total. The van der Waals surface area contributed by atoms with Crippen LogP contribution in [0.25, 0.3) is 0 Å². The van der Waals surface area contributed by atoms with E-state index in [1.165, 1.54) is 18.5 Å². The average Bonchev–Trinajstić information content (AvgIpc) is 2.61. The smallest absolute Gasteiger partial charge is 0.103 e. The fourth-order valence-electron chi connectivity index (χ4n) is 2.51. The van der Waals surface area contributed by atoms with Crippen LogP contribution in [-0.4, -0.2) is 30.5 Å². The number of hydrogen-bond acceptors (Lipinski definition) is 3. The number of rotatable bonds is 3. The lowest BCUT2D eigenvalue weighted by Gasteiger charge is -2.32. The standard InChI is InChI=1S/C14H22N2O/c1-2-12-7-6-10-16(14(11-17)15-12)13-8-4-3-5-9-13/h3-5,8-9,12,14-15,17H,2,6-7,10-11H2,1H3. The minimum atomic E-state index is 0.0462. The van der Waals surface area contributed by atoms with E-state index < -0.39 is 0 Å². The van der Waals surface area contributed by atoms with Crippen LogP contribution in [-0.2, 0) is 0 Å². The summed E-state index contributed by atoms with van der Waals surface area (Å²) in [5, 5.41) is 13.1. The van der Waals surface area contributed by atoms with Gasteiger partial charge in [0.05, 0.1) is 6.61 Å². The molecule has 1 aliphatic rings. The molecule has 1 aromatic rings. The molecule has 3 heteroatoms. The molecule has 2 rings (SSSR count). The van der Waals surface area contributed by atoms with Crippen LogP contribution in [0, 0.1) is 0 Å². The van der Waals surface area contributed by atoms with E-state index >= 15 is 0 Å². The van der Waals surface area contributed by atoms with Gasteiger partial charge < -0.3 is 10.0 Å². The largest absolute Gasteiger partial charge is 0.393 e. The van der Waals surface area contributed by atoms with Crippen molar-refractivity contribution in [1.82, 2.24) is 5.32 Å². The molecule has 0 aliphatic carbocycles. The summed E-state index contributed by atoms with van der Waals surface area (Å²) < 4.78 is 0. The summed E-state index contributed by atoms with van der Waals surface area (Å²) in [4.78, 5) is 2.27. The van der Waals surface area contributed by atoms with Crippen molar-refractivity contribution in [2.75, 3.05) is 18.1 Å². The predicted octanol–water partition coefficient (Wildman–Crippen LogP) is 1.97. The Morgan fingerprint density at radius 3 is 2.76 bits per heavy atom. The molecule has 0 bridgehead atoms. The second kappa shape index (κ2) is 6.03. The van der Waals surface area contributed by atoms with Gasteiger partial charge in [-0.25, -0.2) is 0 Å². The van der Waals surface area contributed by atoms with E-state index in [9.17, 15) is 5.11 Å². The lowest BCUT2D eigenvalue weighted by atomic mass is 10.1. The molecular weight excluding hydrogens is 212 g/mol. The zero-order valence-corrected chi connectivity index (χ0v) is 10.5. The Hall–Kier alpha value is -1.06. The number of anilines is 1. The van der Waals surface area contributed by atoms with Gasteiger partial charge in [-0.05, 0) is 31.4 Å². The highest BCUT2D eigenvalue weighted by Gasteiger charge is 2.23. The normalized spacial score (nSPS) is 25.6. The third-order valence-electron chi connectivity index (χ3n) is 3.51. The Morgan fingerprint density at radius 2 is 2.12 bits per heavy atom. The van der Waals surface area contributed by atoms with E-state index in [1.54, 1.807) is 0 Å². The first kappa shape index (κ1) is 12.4. The maximum Gasteiger partial charge on any atom is 0.103 e. The molecule has 0 saturated carbocycles. The zero-order chi connectivity index (χ0) is 12.1. The van der Waals surface area contributed by atoms with Crippen LogP contribution in [0.4, 0.5) is 5.69 Å². The Balaban J connectivity index is 2.15. The van der Waals surface area contributed by atoms with Gasteiger partial charge in [0.2, 0.25) is 0 Å². The number of nitrogens with one attached hydrogen (secondary N) is 1. The molecule has 0 aromatic heterocycles. The van der Waals surface area contributed by atoms with Crippen molar-refractivity contribution in [3.05, 3.63) is 30.3 Å². The van der Waals surface area contributed by atoms with Crippen LogP contribution in [0.2, 0.25) is 0 Å². The second-order valence-corrected chi connectivity index (χ2v) is 4.64. The Labute approximate surface area is 103 Å². The van der Waals surface area contributed by atoms with Crippen molar-refractivity contribution in [2.45, 2.75) is 38.4 Å². The van der Waals surface area contributed by atoms with Gasteiger partial charge in [-0.3, -0.25) is 5.32 Å². The molecule has 1 aromatic carbocycles. The topological polar surface area (TPSA) is 35.5 Å². The summed E-state index contributed by atoms with van der Waals surface area (Å²) in [7, 11) is 0. The quantitative estimate of drug-likeness (QED) is 0.839. The summed E-state index contributed by atoms with van der Waals surface area (Å²) in [6.07, 6.45) is 3.54. The number of hydrogen-bond donors (Lipinski definition) is 2. The molecule has 94 valence electrons.